The molecule has 0 aromatic rings. The molecule has 1 aliphatic heterocycles. The summed E-state index contributed by atoms with van der Waals surface area (Å²) in [5.74, 6) is 0.946. The molecule has 3 rings (SSSR count). The van der Waals surface area contributed by atoms with Crippen molar-refractivity contribution in [2.75, 3.05) is 25.9 Å². The van der Waals surface area contributed by atoms with E-state index in [0.717, 1.165) is 5.92 Å². The van der Waals surface area contributed by atoms with Gasteiger partial charge in [-0.05, 0) is 51.7 Å². The first kappa shape index (κ1) is 12.3. The van der Waals surface area contributed by atoms with Crippen molar-refractivity contribution in [1.82, 2.24) is 10.2 Å². The van der Waals surface area contributed by atoms with Crippen molar-refractivity contribution in [2.24, 2.45) is 5.92 Å². The fraction of sp³-hybridized carbons (Fsp3) is 1.00. The van der Waals surface area contributed by atoms with Crippen LogP contribution in [0, 0.1) is 5.92 Å². The summed E-state index contributed by atoms with van der Waals surface area (Å²) in [5.41, 5.74) is 0.404. The Labute approximate surface area is 110 Å². The molecule has 3 fully saturated rings. The Morgan fingerprint density at radius 3 is 2.59 bits per heavy atom. The van der Waals surface area contributed by atoms with E-state index >= 15 is 0 Å². The molecule has 2 aliphatic carbocycles. The zero-order valence-corrected chi connectivity index (χ0v) is 12.3. The SMILES string of the molecule is CSC1(CN2CC(C)(C3CC3)NCC2C)CC1. The minimum absolute atomic E-state index is 0.404. The molecule has 0 spiro atoms. The third-order valence-corrected chi connectivity index (χ3v) is 6.57. The van der Waals surface area contributed by atoms with Crippen LogP contribution in [0.2, 0.25) is 0 Å². The van der Waals surface area contributed by atoms with Gasteiger partial charge in [-0.2, -0.15) is 11.8 Å². The molecule has 2 saturated carbocycles. The molecule has 3 heteroatoms. The van der Waals surface area contributed by atoms with E-state index in [1.165, 1.54) is 45.3 Å². The monoisotopic (exact) mass is 254 g/mol. The summed E-state index contributed by atoms with van der Waals surface area (Å²) in [5, 5.41) is 3.81. The normalized spacial score (nSPS) is 41.5. The molecule has 17 heavy (non-hydrogen) atoms. The van der Waals surface area contributed by atoms with Crippen molar-refractivity contribution in [1.29, 1.82) is 0 Å². The lowest BCUT2D eigenvalue weighted by Gasteiger charge is -2.46. The number of piperazine rings is 1. The minimum Gasteiger partial charge on any atom is -0.308 e. The van der Waals surface area contributed by atoms with Crippen LogP contribution in [-0.2, 0) is 0 Å². The molecule has 0 aromatic heterocycles. The first-order chi connectivity index (χ1) is 8.07. The van der Waals surface area contributed by atoms with E-state index in [0.29, 0.717) is 16.3 Å². The van der Waals surface area contributed by atoms with E-state index in [1.54, 1.807) is 0 Å². The van der Waals surface area contributed by atoms with Gasteiger partial charge in [-0.25, -0.2) is 0 Å². The lowest BCUT2D eigenvalue weighted by Crippen LogP contribution is -2.64. The number of nitrogens with zero attached hydrogens (tertiary/aromatic N) is 1. The van der Waals surface area contributed by atoms with Gasteiger partial charge in [-0.1, -0.05) is 0 Å². The molecule has 2 atom stereocenters. The zero-order valence-electron chi connectivity index (χ0n) is 11.5. The molecule has 1 heterocycles. The molecule has 98 valence electrons. The Balaban J connectivity index is 1.65. The van der Waals surface area contributed by atoms with Crippen LogP contribution in [0.5, 0.6) is 0 Å². The first-order valence-corrected chi connectivity index (χ1v) is 8.34. The van der Waals surface area contributed by atoms with Crippen molar-refractivity contribution in [3.8, 4) is 0 Å². The average Bonchev–Trinajstić information content (AvgIpc) is 3.15. The molecule has 1 N–H and O–H groups in total. The highest BCUT2D eigenvalue weighted by molar-refractivity contribution is 8.00. The van der Waals surface area contributed by atoms with Crippen LogP contribution < -0.4 is 5.32 Å². The van der Waals surface area contributed by atoms with Crippen molar-refractivity contribution < 1.29 is 0 Å². The zero-order chi connectivity index (χ0) is 12.1. The van der Waals surface area contributed by atoms with E-state index in [2.05, 4.69) is 42.1 Å². The van der Waals surface area contributed by atoms with Crippen LogP contribution in [0.15, 0.2) is 0 Å². The molecular formula is C14H26N2S. The molecule has 0 bridgehead atoms. The van der Waals surface area contributed by atoms with Crippen molar-refractivity contribution >= 4 is 11.8 Å². The van der Waals surface area contributed by atoms with Crippen LogP contribution in [0.3, 0.4) is 0 Å². The lowest BCUT2D eigenvalue weighted by molar-refractivity contribution is 0.0822. The molecule has 0 radical (unpaired) electrons. The van der Waals surface area contributed by atoms with Crippen molar-refractivity contribution in [3.63, 3.8) is 0 Å². The maximum absolute atomic E-state index is 3.81. The van der Waals surface area contributed by atoms with Gasteiger partial charge in [0.15, 0.2) is 0 Å². The van der Waals surface area contributed by atoms with Gasteiger partial charge in [0.2, 0.25) is 0 Å². The molecule has 3 aliphatic rings. The minimum atomic E-state index is 0.404. The predicted molar refractivity (Wildman–Crippen MR) is 75.6 cm³/mol. The van der Waals surface area contributed by atoms with Crippen molar-refractivity contribution in [3.05, 3.63) is 0 Å². The Morgan fingerprint density at radius 2 is 2.06 bits per heavy atom. The quantitative estimate of drug-likeness (QED) is 0.829. The lowest BCUT2D eigenvalue weighted by atomic mass is 9.91. The van der Waals surface area contributed by atoms with E-state index in [4.69, 9.17) is 0 Å². The predicted octanol–water partition coefficient (Wildman–Crippen LogP) is 2.34. The summed E-state index contributed by atoms with van der Waals surface area (Å²) in [4.78, 5) is 2.76. The molecule has 2 unspecified atom stereocenters. The number of rotatable bonds is 4. The third-order valence-electron chi connectivity index (χ3n) is 5.17. The van der Waals surface area contributed by atoms with Crippen LogP contribution in [0.1, 0.15) is 39.5 Å². The molecule has 1 saturated heterocycles. The molecule has 0 aromatic carbocycles. The van der Waals surface area contributed by atoms with Crippen molar-refractivity contribution in [2.45, 2.75) is 55.9 Å². The highest BCUT2D eigenvalue weighted by atomic mass is 32.2. The van der Waals surface area contributed by atoms with Crippen LogP contribution >= 0.6 is 11.8 Å². The van der Waals surface area contributed by atoms with E-state index < -0.39 is 0 Å². The maximum atomic E-state index is 3.81. The fourth-order valence-corrected chi connectivity index (χ4v) is 4.09. The summed E-state index contributed by atoms with van der Waals surface area (Å²) in [6, 6.07) is 0.714. The maximum Gasteiger partial charge on any atom is 0.0309 e. The van der Waals surface area contributed by atoms with Gasteiger partial charge >= 0.3 is 0 Å². The largest absolute Gasteiger partial charge is 0.308 e. The Hall–Kier alpha value is 0.270. The van der Waals surface area contributed by atoms with Crippen LogP contribution in [-0.4, -0.2) is 47.1 Å². The summed E-state index contributed by atoms with van der Waals surface area (Å²) < 4.78 is 0.621. The highest BCUT2D eigenvalue weighted by Gasteiger charge is 2.49. The number of hydrogen-bond acceptors (Lipinski definition) is 3. The third kappa shape index (κ3) is 2.39. The second-order valence-corrected chi connectivity index (χ2v) is 7.99. The average molecular weight is 254 g/mol. The van der Waals surface area contributed by atoms with Gasteiger partial charge in [0.1, 0.15) is 0 Å². The molecule has 2 nitrogen and oxygen atoms in total. The standard InChI is InChI=1S/C14H26N2S/c1-11-8-15-13(2,12-4-5-12)9-16(11)10-14(17-3)6-7-14/h11-12,15H,4-10H2,1-3H3. The van der Waals surface area contributed by atoms with Crippen LogP contribution in [0.4, 0.5) is 0 Å². The second-order valence-electron chi connectivity index (χ2n) is 6.71. The highest BCUT2D eigenvalue weighted by Crippen LogP contribution is 2.49. The van der Waals surface area contributed by atoms with Gasteiger partial charge < -0.3 is 5.32 Å². The fourth-order valence-electron chi connectivity index (χ4n) is 3.29. The topological polar surface area (TPSA) is 15.3 Å². The van der Waals surface area contributed by atoms with E-state index in [1.807, 2.05) is 0 Å². The Kier molecular flexibility index (Phi) is 3.00. The van der Waals surface area contributed by atoms with E-state index in [-0.39, 0.29) is 0 Å². The molecule has 0 amide bonds. The Morgan fingerprint density at radius 1 is 1.35 bits per heavy atom. The number of thioether (sulfide) groups is 1. The van der Waals surface area contributed by atoms with Gasteiger partial charge in [-0.3, -0.25) is 4.90 Å². The second kappa shape index (κ2) is 4.14. The number of hydrogen-bond donors (Lipinski definition) is 1. The summed E-state index contributed by atoms with van der Waals surface area (Å²) in [6.07, 6.45) is 8.05. The first-order valence-electron chi connectivity index (χ1n) is 7.11. The Bertz CT molecular complexity index is 299. The molecular weight excluding hydrogens is 228 g/mol. The number of nitrogens with one attached hydrogen (secondary N) is 1. The van der Waals surface area contributed by atoms with Gasteiger partial charge in [0.05, 0.1) is 0 Å². The summed E-state index contributed by atoms with van der Waals surface area (Å²) in [6.45, 7) is 8.59. The smallest absolute Gasteiger partial charge is 0.0309 e. The van der Waals surface area contributed by atoms with E-state index in [9.17, 15) is 0 Å². The summed E-state index contributed by atoms with van der Waals surface area (Å²) in [7, 11) is 0. The van der Waals surface area contributed by atoms with Gasteiger partial charge in [-0.15, -0.1) is 0 Å². The van der Waals surface area contributed by atoms with Gasteiger partial charge in [0.25, 0.3) is 0 Å². The van der Waals surface area contributed by atoms with Gasteiger partial charge in [0, 0.05) is 36.0 Å². The van der Waals surface area contributed by atoms with Crippen LogP contribution in [0.25, 0.3) is 0 Å². The summed E-state index contributed by atoms with van der Waals surface area (Å²) >= 11 is 2.10.